The van der Waals surface area contributed by atoms with Crippen LogP contribution in [0, 0.1) is 5.82 Å². The molecule has 1 aromatic heterocycles. The van der Waals surface area contributed by atoms with Crippen LogP contribution in [0.4, 0.5) is 17.6 Å². The standard InChI is InChI=1S/C19H13ClF4N2O3S/c1-2-13(17(28)29)26-14-8-11(20)3-4-15(14)30-18(26)25-16(27)9-5-10(19(22,23)24)7-12(21)6-9/h3-8,13H,2H2,1H3,(H,28,29). The molecule has 0 aliphatic rings. The Labute approximate surface area is 175 Å². The van der Waals surface area contributed by atoms with Gasteiger partial charge >= 0.3 is 12.1 Å². The molecular formula is C19H13ClF4N2O3S. The van der Waals surface area contributed by atoms with Gasteiger partial charge in [-0.2, -0.15) is 18.2 Å². The maximum absolute atomic E-state index is 13.6. The molecule has 1 amide bonds. The minimum Gasteiger partial charge on any atom is -0.480 e. The number of hydrogen-bond donors (Lipinski definition) is 1. The molecule has 30 heavy (non-hydrogen) atoms. The maximum atomic E-state index is 13.6. The van der Waals surface area contributed by atoms with E-state index in [0.717, 1.165) is 11.3 Å². The Morgan fingerprint density at radius 2 is 1.93 bits per heavy atom. The predicted molar refractivity (Wildman–Crippen MR) is 103 cm³/mol. The summed E-state index contributed by atoms with van der Waals surface area (Å²) in [7, 11) is 0. The van der Waals surface area contributed by atoms with Crippen molar-refractivity contribution in [2.75, 3.05) is 0 Å². The molecule has 0 aliphatic carbocycles. The lowest BCUT2D eigenvalue weighted by atomic mass is 10.1. The van der Waals surface area contributed by atoms with Crippen molar-refractivity contribution in [3.8, 4) is 0 Å². The third-order valence-electron chi connectivity index (χ3n) is 4.24. The van der Waals surface area contributed by atoms with Crippen molar-refractivity contribution in [2.45, 2.75) is 25.6 Å². The molecule has 1 heterocycles. The van der Waals surface area contributed by atoms with Crippen LogP contribution in [-0.4, -0.2) is 21.6 Å². The summed E-state index contributed by atoms with van der Waals surface area (Å²) in [4.78, 5) is 28.0. The molecule has 3 rings (SSSR count). The second-order valence-corrected chi connectivity index (χ2v) is 7.72. The third kappa shape index (κ3) is 4.39. The van der Waals surface area contributed by atoms with E-state index in [4.69, 9.17) is 11.6 Å². The number of carbonyl (C=O) groups is 2. The number of aromatic nitrogens is 1. The average Bonchev–Trinajstić information content (AvgIpc) is 2.98. The Kier molecular flexibility index (Phi) is 6.00. The van der Waals surface area contributed by atoms with E-state index in [1.54, 1.807) is 19.1 Å². The van der Waals surface area contributed by atoms with Crippen molar-refractivity contribution in [2.24, 2.45) is 4.99 Å². The molecule has 0 aliphatic heterocycles. The summed E-state index contributed by atoms with van der Waals surface area (Å²) < 4.78 is 54.3. The number of nitrogens with zero attached hydrogens (tertiary/aromatic N) is 2. The molecule has 0 bridgehead atoms. The summed E-state index contributed by atoms with van der Waals surface area (Å²) in [6.45, 7) is 1.62. The molecular weight excluding hydrogens is 448 g/mol. The van der Waals surface area contributed by atoms with Crippen molar-refractivity contribution < 1.29 is 32.3 Å². The highest BCUT2D eigenvalue weighted by Gasteiger charge is 2.32. The Balaban J connectivity index is 2.23. The zero-order valence-electron chi connectivity index (χ0n) is 15.2. The summed E-state index contributed by atoms with van der Waals surface area (Å²) in [5, 5.41) is 9.89. The lowest BCUT2D eigenvalue weighted by Crippen LogP contribution is -2.27. The molecule has 0 spiro atoms. The van der Waals surface area contributed by atoms with Crippen LogP contribution in [0.15, 0.2) is 41.4 Å². The number of alkyl halides is 3. The van der Waals surface area contributed by atoms with Crippen molar-refractivity contribution in [3.63, 3.8) is 0 Å². The molecule has 11 heteroatoms. The molecule has 3 aromatic rings. The molecule has 0 saturated carbocycles. The number of amides is 1. The summed E-state index contributed by atoms with van der Waals surface area (Å²) in [5.41, 5.74) is -1.52. The largest absolute Gasteiger partial charge is 0.480 e. The van der Waals surface area contributed by atoms with Gasteiger partial charge in [-0.25, -0.2) is 9.18 Å². The minimum atomic E-state index is -4.85. The SMILES string of the molecule is CCC(C(=O)O)n1c(=NC(=O)c2cc(F)cc(C(F)(F)F)c2)sc2ccc(Cl)cc21. The fourth-order valence-electron chi connectivity index (χ4n) is 2.89. The molecule has 2 aromatic carbocycles. The van der Waals surface area contributed by atoms with Crippen LogP contribution >= 0.6 is 22.9 Å². The number of benzene rings is 2. The van der Waals surface area contributed by atoms with Crippen LogP contribution in [0.3, 0.4) is 0 Å². The molecule has 0 radical (unpaired) electrons. The normalized spacial score (nSPS) is 13.6. The lowest BCUT2D eigenvalue weighted by Gasteiger charge is -2.13. The Morgan fingerprint density at radius 1 is 1.23 bits per heavy atom. The van der Waals surface area contributed by atoms with Gasteiger partial charge in [0.15, 0.2) is 4.80 Å². The van der Waals surface area contributed by atoms with E-state index in [0.29, 0.717) is 27.4 Å². The van der Waals surface area contributed by atoms with E-state index >= 15 is 0 Å². The Hall–Kier alpha value is -2.72. The number of carbonyl (C=O) groups excluding carboxylic acids is 1. The van der Waals surface area contributed by atoms with Crippen LogP contribution < -0.4 is 4.80 Å². The monoisotopic (exact) mass is 460 g/mol. The number of rotatable bonds is 4. The van der Waals surface area contributed by atoms with E-state index in [-0.39, 0.29) is 17.3 Å². The van der Waals surface area contributed by atoms with E-state index in [9.17, 15) is 32.3 Å². The maximum Gasteiger partial charge on any atom is 0.416 e. The first kappa shape index (κ1) is 22.0. The first-order chi connectivity index (χ1) is 14.0. The second-order valence-electron chi connectivity index (χ2n) is 6.27. The molecule has 158 valence electrons. The minimum absolute atomic E-state index is 0.0515. The van der Waals surface area contributed by atoms with E-state index in [1.807, 2.05) is 0 Å². The molecule has 1 unspecified atom stereocenters. The van der Waals surface area contributed by atoms with Gasteiger partial charge in [0.25, 0.3) is 5.91 Å². The number of aliphatic carboxylic acids is 1. The third-order valence-corrected chi connectivity index (χ3v) is 5.51. The van der Waals surface area contributed by atoms with Gasteiger partial charge in [-0.15, -0.1) is 0 Å². The summed E-state index contributed by atoms with van der Waals surface area (Å²) in [5.74, 6) is -3.56. The number of halogens is 5. The Morgan fingerprint density at radius 3 is 2.53 bits per heavy atom. The van der Waals surface area contributed by atoms with Crippen molar-refractivity contribution in [1.82, 2.24) is 4.57 Å². The zero-order valence-corrected chi connectivity index (χ0v) is 16.8. The van der Waals surface area contributed by atoms with Gasteiger partial charge in [0.1, 0.15) is 11.9 Å². The molecule has 0 fully saturated rings. The number of thiazole rings is 1. The molecule has 0 saturated heterocycles. The Bertz CT molecular complexity index is 1220. The topological polar surface area (TPSA) is 71.7 Å². The van der Waals surface area contributed by atoms with Crippen LogP contribution in [-0.2, 0) is 11.0 Å². The quantitative estimate of drug-likeness (QED) is 0.538. The first-order valence-corrected chi connectivity index (χ1v) is 9.71. The van der Waals surface area contributed by atoms with Crippen molar-refractivity contribution in [1.29, 1.82) is 0 Å². The van der Waals surface area contributed by atoms with E-state index < -0.39 is 41.0 Å². The molecule has 5 nitrogen and oxygen atoms in total. The van der Waals surface area contributed by atoms with Gasteiger partial charge in [0, 0.05) is 10.6 Å². The second kappa shape index (κ2) is 8.19. The van der Waals surface area contributed by atoms with E-state index in [2.05, 4.69) is 4.99 Å². The summed E-state index contributed by atoms with van der Waals surface area (Å²) in [6, 6.07) is 5.01. The van der Waals surface area contributed by atoms with Gasteiger partial charge in [0.2, 0.25) is 0 Å². The molecule has 1 N–H and O–H groups in total. The van der Waals surface area contributed by atoms with Crippen LogP contribution in [0.2, 0.25) is 5.02 Å². The smallest absolute Gasteiger partial charge is 0.416 e. The van der Waals surface area contributed by atoms with Gasteiger partial charge in [-0.1, -0.05) is 29.9 Å². The van der Waals surface area contributed by atoms with E-state index in [1.165, 1.54) is 10.6 Å². The number of carboxylic acids is 1. The van der Waals surface area contributed by atoms with Gasteiger partial charge in [0.05, 0.1) is 15.8 Å². The highest BCUT2D eigenvalue weighted by Crippen LogP contribution is 2.31. The van der Waals surface area contributed by atoms with Crippen molar-refractivity contribution in [3.05, 3.63) is 63.2 Å². The number of carboxylic acid groups (broad SMARTS) is 1. The fraction of sp³-hybridized carbons (Fsp3) is 0.211. The van der Waals surface area contributed by atoms with Crippen LogP contribution in [0.1, 0.15) is 35.3 Å². The summed E-state index contributed by atoms with van der Waals surface area (Å²) >= 11 is 6.97. The van der Waals surface area contributed by atoms with Crippen LogP contribution in [0.25, 0.3) is 10.2 Å². The molecule has 1 atom stereocenters. The summed E-state index contributed by atoms with van der Waals surface area (Å²) in [6.07, 6.45) is -4.70. The number of hydrogen-bond acceptors (Lipinski definition) is 3. The van der Waals surface area contributed by atoms with Gasteiger partial charge < -0.3 is 9.67 Å². The zero-order chi connectivity index (χ0) is 22.2. The first-order valence-electron chi connectivity index (χ1n) is 8.51. The van der Waals surface area contributed by atoms with Gasteiger partial charge in [-0.3, -0.25) is 4.79 Å². The number of fused-ring (bicyclic) bond motifs is 1. The van der Waals surface area contributed by atoms with Gasteiger partial charge in [-0.05, 0) is 42.8 Å². The average molecular weight is 461 g/mol. The highest BCUT2D eigenvalue weighted by molar-refractivity contribution is 7.16. The highest BCUT2D eigenvalue weighted by atomic mass is 35.5. The fourth-order valence-corrected chi connectivity index (χ4v) is 4.10. The van der Waals surface area contributed by atoms with Crippen molar-refractivity contribution >= 4 is 45.0 Å². The van der Waals surface area contributed by atoms with Crippen LogP contribution in [0.5, 0.6) is 0 Å². The predicted octanol–water partition coefficient (Wildman–Crippen LogP) is 5.29. The lowest BCUT2D eigenvalue weighted by molar-refractivity contribution is -0.141.